The largest absolute Gasteiger partial charge is 0.343 e. The number of hydrogen-bond acceptors (Lipinski definition) is 5. The second-order valence-electron chi connectivity index (χ2n) is 8.18. The van der Waals surface area contributed by atoms with Gasteiger partial charge < -0.3 is 14.0 Å². The van der Waals surface area contributed by atoms with E-state index in [9.17, 15) is 4.79 Å². The standard InChI is InChI=1S/C25H25N5O2/c1-18-4-6-19(7-5-18)8-11-23-27-25(28-32-23)20-9-10-22-21(16-20)26-17-30(22)15-12-24(31)29-13-2-3-14-29/h4-11,16-17H,2-3,12-15H2,1H3/b11-8+. The molecule has 0 unspecified atom stereocenters. The van der Waals surface area contributed by atoms with E-state index in [1.807, 2.05) is 52.0 Å². The van der Waals surface area contributed by atoms with E-state index in [0.717, 1.165) is 48.1 Å². The lowest BCUT2D eigenvalue weighted by Gasteiger charge is -2.15. The summed E-state index contributed by atoms with van der Waals surface area (Å²) in [5.74, 6) is 1.19. The number of amides is 1. The second kappa shape index (κ2) is 8.78. The van der Waals surface area contributed by atoms with Crippen LogP contribution in [0.15, 0.2) is 53.3 Å². The molecular weight excluding hydrogens is 402 g/mol. The molecule has 0 bridgehead atoms. The zero-order chi connectivity index (χ0) is 21.9. The van der Waals surface area contributed by atoms with Gasteiger partial charge in [0.25, 0.3) is 5.89 Å². The van der Waals surface area contributed by atoms with Crippen molar-refractivity contribution >= 4 is 29.1 Å². The van der Waals surface area contributed by atoms with Crippen molar-refractivity contribution in [1.29, 1.82) is 0 Å². The number of rotatable bonds is 6. The molecular formula is C25H25N5O2. The summed E-state index contributed by atoms with van der Waals surface area (Å²) in [5.41, 5.74) is 4.97. The molecule has 3 heterocycles. The highest BCUT2D eigenvalue weighted by molar-refractivity contribution is 5.81. The molecule has 0 saturated carbocycles. The number of carbonyl (C=O) groups excluding carboxylic acids is 1. The lowest BCUT2D eigenvalue weighted by molar-refractivity contribution is -0.130. The minimum atomic E-state index is 0.221. The lowest BCUT2D eigenvalue weighted by atomic mass is 10.1. The number of aromatic nitrogens is 4. The maximum absolute atomic E-state index is 12.3. The van der Waals surface area contributed by atoms with Gasteiger partial charge in [-0.1, -0.05) is 35.0 Å². The van der Waals surface area contributed by atoms with Crippen LogP contribution in [-0.4, -0.2) is 43.6 Å². The van der Waals surface area contributed by atoms with Gasteiger partial charge in [-0.3, -0.25) is 4.79 Å². The van der Waals surface area contributed by atoms with Gasteiger partial charge in [-0.15, -0.1) is 0 Å². The summed E-state index contributed by atoms with van der Waals surface area (Å²) in [6, 6.07) is 14.1. The van der Waals surface area contributed by atoms with Crippen molar-refractivity contribution in [3.05, 3.63) is 65.8 Å². The third kappa shape index (κ3) is 4.32. The number of carbonyl (C=O) groups is 1. The van der Waals surface area contributed by atoms with Gasteiger partial charge in [0.05, 0.1) is 17.4 Å². The first-order chi connectivity index (χ1) is 15.7. The number of fused-ring (bicyclic) bond motifs is 1. The average Bonchev–Trinajstić information content (AvgIpc) is 3.58. The highest BCUT2D eigenvalue weighted by Gasteiger charge is 2.18. The first-order valence-corrected chi connectivity index (χ1v) is 11.0. The molecule has 0 N–H and O–H groups in total. The van der Waals surface area contributed by atoms with Crippen molar-refractivity contribution in [2.24, 2.45) is 0 Å². The molecule has 32 heavy (non-hydrogen) atoms. The fourth-order valence-electron chi connectivity index (χ4n) is 3.99. The van der Waals surface area contributed by atoms with E-state index in [1.165, 1.54) is 5.56 Å². The summed E-state index contributed by atoms with van der Waals surface area (Å²) < 4.78 is 7.41. The number of aryl methyl sites for hydroxylation is 2. The SMILES string of the molecule is Cc1ccc(/C=C/c2nc(-c3ccc4c(c3)ncn4CCC(=O)N3CCCC3)no2)cc1. The van der Waals surface area contributed by atoms with Crippen LogP contribution in [0, 0.1) is 6.92 Å². The molecule has 5 rings (SSSR count). The van der Waals surface area contributed by atoms with Crippen molar-refractivity contribution in [3.63, 3.8) is 0 Å². The third-order valence-electron chi connectivity index (χ3n) is 5.84. The van der Waals surface area contributed by atoms with Gasteiger partial charge in [-0.2, -0.15) is 4.98 Å². The molecule has 0 aliphatic carbocycles. The Hall–Kier alpha value is -3.74. The summed E-state index contributed by atoms with van der Waals surface area (Å²) in [6.07, 6.45) is 8.27. The number of imidazole rings is 1. The first kappa shape index (κ1) is 20.2. The normalized spacial score (nSPS) is 14.1. The molecule has 2 aromatic carbocycles. The quantitative estimate of drug-likeness (QED) is 0.450. The monoisotopic (exact) mass is 427 g/mol. The Balaban J connectivity index is 1.28. The van der Waals surface area contributed by atoms with Crippen LogP contribution in [0.4, 0.5) is 0 Å². The van der Waals surface area contributed by atoms with Crippen LogP contribution in [0.25, 0.3) is 34.6 Å². The van der Waals surface area contributed by atoms with Crippen molar-refractivity contribution in [2.75, 3.05) is 13.1 Å². The third-order valence-corrected chi connectivity index (χ3v) is 5.84. The number of hydrogen-bond donors (Lipinski definition) is 0. The smallest absolute Gasteiger partial charge is 0.250 e. The average molecular weight is 428 g/mol. The van der Waals surface area contributed by atoms with E-state index in [2.05, 4.69) is 34.2 Å². The van der Waals surface area contributed by atoms with Crippen molar-refractivity contribution in [3.8, 4) is 11.4 Å². The van der Waals surface area contributed by atoms with Gasteiger partial charge in [-0.05, 0) is 49.6 Å². The molecule has 162 valence electrons. The zero-order valence-corrected chi connectivity index (χ0v) is 18.1. The summed E-state index contributed by atoms with van der Waals surface area (Å²) in [6.45, 7) is 4.46. The van der Waals surface area contributed by atoms with Gasteiger partial charge in [0.2, 0.25) is 11.7 Å². The van der Waals surface area contributed by atoms with Crippen LogP contribution >= 0.6 is 0 Å². The summed E-state index contributed by atoms with van der Waals surface area (Å²) >= 11 is 0. The number of benzene rings is 2. The molecule has 1 amide bonds. The molecule has 7 heteroatoms. The summed E-state index contributed by atoms with van der Waals surface area (Å²) in [5, 5.41) is 4.11. The van der Waals surface area contributed by atoms with E-state index in [4.69, 9.17) is 4.52 Å². The maximum Gasteiger partial charge on any atom is 0.250 e. The van der Waals surface area contributed by atoms with E-state index in [-0.39, 0.29) is 5.91 Å². The van der Waals surface area contributed by atoms with Crippen LogP contribution in [0.3, 0.4) is 0 Å². The molecule has 4 aromatic rings. The first-order valence-electron chi connectivity index (χ1n) is 11.0. The Kier molecular flexibility index (Phi) is 5.54. The van der Waals surface area contributed by atoms with Gasteiger partial charge in [0, 0.05) is 37.7 Å². The van der Waals surface area contributed by atoms with Gasteiger partial charge in [-0.25, -0.2) is 4.98 Å². The molecule has 0 atom stereocenters. The van der Waals surface area contributed by atoms with Crippen LogP contribution in [0.1, 0.15) is 36.3 Å². The molecule has 0 radical (unpaired) electrons. The molecule has 7 nitrogen and oxygen atoms in total. The molecule has 1 aliphatic heterocycles. The molecule has 0 spiro atoms. The van der Waals surface area contributed by atoms with E-state index >= 15 is 0 Å². The number of nitrogens with zero attached hydrogens (tertiary/aromatic N) is 5. The Morgan fingerprint density at radius 1 is 1.09 bits per heavy atom. The predicted octanol–water partition coefficient (Wildman–Crippen LogP) is 4.58. The Morgan fingerprint density at radius 2 is 1.91 bits per heavy atom. The Morgan fingerprint density at radius 3 is 2.72 bits per heavy atom. The van der Waals surface area contributed by atoms with Crippen molar-refractivity contribution < 1.29 is 9.32 Å². The van der Waals surface area contributed by atoms with Gasteiger partial charge in [0.15, 0.2) is 0 Å². The Labute approximate surface area is 186 Å². The summed E-state index contributed by atoms with van der Waals surface area (Å²) in [7, 11) is 0. The minimum absolute atomic E-state index is 0.221. The predicted molar refractivity (Wildman–Crippen MR) is 124 cm³/mol. The van der Waals surface area contributed by atoms with Crippen LogP contribution in [-0.2, 0) is 11.3 Å². The lowest BCUT2D eigenvalue weighted by Crippen LogP contribution is -2.28. The maximum atomic E-state index is 12.3. The van der Waals surface area contributed by atoms with Crippen LogP contribution in [0.2, 0.25) is 0 Å². The molecule has 2 aromatic heterocycles. The Bertz CT molecular complexity index is 1260. The summed E-state index contributed by atoms with van der Waals surface area (Å²) in [4.78, 5) is 23.3. The molecule has 1 fully saturated rings. The van der Waals surface area contributed by atoms with Gasteiger partial charge in [0.1, 0.15) is 0 Å². The van der Waals surface area contributed by atoms with Crippen molar-refractivity contribution in [2.45, 2.75) is 32.7 Å². The topological polar surface area (TPSA) is 77.1 Å². The van der Waals surface area contributed by atoms with Crippen LogP contribution < -0.4 is 0 Å². The van der Waals surface area contributed by atoms with E-state index < -0.39 is 0 Å². The highest BCUT2D eigenvalue weighted by atomic mass is 16.5. The fraction of sp³-hybridized carbons (Fsp3) is 0.280. The zero-order valence-electron chi connectivity index (χ0n) is 18.1. The van der Waals surface area contributed by atoms with Crippen LogP contribution in [0.5, 0.6) is 0 Å². The number of likely N-dealkylation sites (tertiary alicyclic amines) is 1. The minimum Gasteiger partial charge on any atom is -0.343 e. The molecule has 1 aliphatic rings. The highest BCUT2D eigenvalue weighted by Crippen LogP contribution is 2.23. The second-order valence-corrected chi connectivity index (χ2v) is 8.18. The van der Waals surface area contributed by atoms with Gasteiger partial charge >= 0.3 is 0 Å². The fourth-order valence-corrected chi connectivity index (χ4v) is 3.99. The van der Waals surface area contributed by atoms with Crippen molar-refractivity contribution in [1.82, 2.24) is 24.6 Å². The van der Waals surface area contributed by atoms with E-state index in [0.29, 0.717) is 24.7 Å². The van der Waals surface area contributed by atoms with E-state index in [1.54, 1.807) is 6.33 Å². The molecule has 1 saturated heterocycles.